The van der Waals surface area contributed by atoms with Crippen molar-refractivity contribution in [3.8, 4) is 0 Å². The van der Waals surface area contributed by atoms with Crippen molar-refractivity contribution in [3.63, 3.8) is 0 Å². The number of hydrogen-bond donors (Lipinski definition) is 2. The van der Waals surface area contributed by atoms with Gasteiger partial charge in [-0.05, 0) is 31.0 Å². The summed E-state index contributed by atoms with van der Waals surface area (Å²) in [6.45, 7) is 0.636. The number of alkyl halides is 3. The summed E-state index contributed by atoms with van der Waals surface area (Å²) in [5.41, 5.74) is 0. The highest BCUT2D eigenvalue weighted by molar-refractivity contribution is 5.76. The third-order valence-corrected chi connectivity index (χ3v) is 5.50. The van der Waals surface area contributed by atoms with Crippen LogP contribution in [0.4, 0.5) is 18.0 Å². The van der Waals surface area contributed by atoms with E-state index in [1.807, 2.05) is 23.8 Å². The van der Waals surface area contributed by atoms with Crippen molar-refractivity contribution < 1.29 is 22.7 Å². The highest BCUT2D eigenvalue weighted by Crippen LogP contribution is 2.43. The summed E-state index contributed by atoms with van der Waals surface area (Å²) in [6.07, 6.45) is 1.41. The molecule has 5 atom stereocenters. The Labute approximate surface area is 159 Å². The van der Waals surface area contributed by atoms with Crippen molar-refractivity contribution >= 4 is 12.3 Å². The maximum absolute atomic E-state index is 12.3. The van der Waals surface area contributed by atoms with Gasteiger partial charge in [-0.25, -0.2) is 4.79 Å². The van der Waals surface area contributed by atoms with Crippen LogP contribution in [0, 0.1) is 5.92 Å². The summed E-state index contributed by atoms with van der Waals surface area (Å²) < 4.78 is 44.0. The molecule has 28 heavy (non-hydrogen) atoms. The molecule has 1 saturated carbocycles. The Kier molecular flexibility index (Phi) is 4.76. The van der Waals surface area contributed by atoms with E-state index in [2.05, 4.69) is 20.5 Å². The van der Waals surface area contributed by atoms with Crippen molar-refractivity contribution in [1.82, 2.24) is 25.4 Å². The Morgan fingerprint density at radius 3 is 2.96 bits per heavy atom. The first kappa shape index (κ1) is 18.8. The van der Waals surface area contributed by atoms with Crippen molar-refractivity contribution in [2.75, 3.05) is 6.54 Å². The van der Waals surface area contributed by atoms with Crippen LogP contribution in [0.5, 0.6) is 0 Å². The number of nitrogens with one attached hydrogen (secondary N) is 2. The molecule has 0 aromatic carbocycles. The smallest absolute Gasteiger partial charge is 0.407 e. The SMILES string of the molecule is CC[C@@H]1C[C@@H](OC(=O)NCC(F)(F)F)C[C@@H]1c1nnc2n1C1C=CNC1N=C2. The van der Waals surface area contributed by atoms with E-state index in [0.29, 0.717) is 18.7 Å². The van der Waals surface area contributed by atoms with Gasteiger partial charge in [0.15, 0.2) is 5.82 Å². The Hall–Kier alpha value is -2.59. The Bertz CT molecular complexity index is 805. The standard InChI is InChI=1S/C17H21F3N6O2/c1-2-9-5-10(28-16(27)23-8-17(18,19)20)6-11(9)15-25-24-13-7-22-14-12(26(13)15)3-4-21-14/h3-4,7,9-12,14,21H,2,5-6,8H2,1H3,(H,23,27)/t9-,10-,11+,12?,14?/m1/s1. The molecule has 1 aliphatic carbocycles. The minimum Gasteiger partial charge on any atom is -0.446 e. The molecular formula is C17H21F3N6O2. The van der Waals surface area contributed by atoms with Crippen LogP contribution < -0.4 is 10.6 Å². The number of amides is 1. The number of rotatable bonds is 4. The summed E-state index contributed by atoms with van der Waals surface area (Å²) in [5, 5.41) is 13.5. The van der Waals surface area contributed by atoms with E-state index < -0.39 is 24.9 Å². The summed E-state index contributed by atoms with van der Waals surface area (Å²) in [6, 6.07) is -0.0161. The van der Waals surface area contributed by atoms with Crippen LogP contribution >= 0.6 is 0 Å². The average Bonchev–Trinajstić information content (AvgIpc) is 3.35. The molecule has 0 radical (unpaired) electrons. The number of aromatic nitrogens is 3. The Morgan fingerprint density at radius 1 is 1.39 bits per heavy atom. The van der Waals surface area contributed by atoms with Gasteiger partial charge in [0.1, 0.15) is 24.6 Å². The van der Waals surface area contributed by atoms with E-state index in [9.17, 15) is 18.0 Å². The van der Waals surface area contributed by atoms with Crippen LogP contribution in [0.25, 0.3) is 0 Å². The van der Waals surface area contributed by atoms with E-state index in [-0.39, 0.29) is 24.0 Å². The van der Waals surface area contributed by atoms with Crippen LogP contribution in [0.15, 0.2) is 17.3 Å². The zero-order valence-corrected chi connectivity index (χ0v) is 15.2. The quantitative estimate of drug-likeness (QED) is 0.812. The lowest BCUT2D eigenvalue weighted by Crippen LogP contribution is -2.35. The number of nitrogens with zero attached hydrogens (tertiary/aromatic N) is 4. The maximum atomic E-state index is 12.3. The van der Waals surface area contributed by atoms with Gasteiger partial charge in [-0.3, -0.25) is 9.56 Å². The van der Waals surface area contributed by atoms with E-state index in [1.54, 1.807) is 11.5 Å². The molecule has 2 unspecified atom stereocenters. The number of alkyl carbamates (subject to hydrolysis) is 1. The van der Waals surface area contributed by atoms with Crippen molar-refractivity contribution in [3.05, 3.63) is 23.9 Å². The van der Waals surface area contributed by atoms with Gasteiger partial charge in [-0.15, -0.1) is 10.2 Å². The molecule has 2 N–H and O–H groups in total. The second-order valence-corrected chi connectivity index (χ2v) is 7.27. The lowest BCUT2D eigenvalue weighted by atomic mass is 9.92. The van der Waals surface area contributed by atoms with Gasteiger partial charge in [0, 0.05) is 5.92 Å². The summed E-state index contributed by atoms with van der Waals surface area (Å²) in [7, 11) is 0. The molecule has 0 spiro atoms. The number of halogens is 3. The molecule has 2 aliphatic heterocycles. The van der Waals surface area contributed by atoms with E-state index >= 15 is 0 Å². The number of aliphatic imine (C=N–C) groups is 1. The number of carbonyl (C=O) groups excluding carboxylic acids is 1. The molecule has 0 saturated heterocycles. The van der Waals surface area contributed by atoms with Crippen LogP contribution in [0.2, 0.25) is 0 Å². The highest BCUT2D eigenvalue weighted by Gasteiger charge is 2.42. The van der Waals surface area contributed by atoms with Crippen molar-refractivity contribution in [2.24, 2.45) is 10.9 Å². The largest absolute Gasteiger partial charge is 0.446 e. The van der Waals surface area contributed by atoms with Crippen molar-refractivity contribution in [2.45, 2.75) is 56.6 Å². The fraction of sp³-hybridized carbons (Fsp3) is 0.647. The Morgan fingerprint density at radius 2 is 2.21 bits per heavy atom. The molecule has 1 amide bonds. The zero-order valence-electron chi connectivity index (χ0n) is 15.2. The first-order chi connectivity index (χ1) is 13.4. The normalized spacial score (nSPS) is 30.6. The predicted molar refractivity (Wildman–Crippen MR) is 92.8 cm³/mol. The first-order valence-corrected chi connectivity index (χ1v) is 9.27. The molecule has 1 aromatic rings. The van der Waals surface area contributed by atoms with Gasteiger partial charge in [-0.1, -0.05) is 13.3 Å². The van der Waals surface area contributed by atoms with Crippen LogP contribution in [0.1, 0.15) is 49.8 Å². The minimum atomic E-state index is -4.47. The van der Waals surface area contributed by atoms with Crippen LogP contribution in [-0.2, 0) is 4.74 Å². The number of fused-ring (bicyclic) bond motifs is 3. The maximum Gasteiger partial charge on any atom is 0.407 e. The minimum absolute atomic E-state index is 0.00724. The predicted octanol–water partition coefficient (Wildman–Crippen LogP) is 2.26. The molecular weight excluding hydrogens is 377 g/mol. The molecule has 11 heteroatoms. The van der Waals surface area contributed by atoms with Crippen molar-refractivity contribution in [1.29, 1.82) is 0 Å². The van der Waals surface area contributed by atoms with Gasteiger partial charge in [0.05, 0.1) is 12.3 Å². The molecule has 152 valence electrons. The molecule has 1 fully saturated rings. The van der Waals surface area contributed by atoms with Gasteiger partial charge in [0.2, 0.25) is 0 Å². The second kappa shape index (κ2) is 7.10. The zero-order chi connectivity index (χ0) is 19.9. The molecule has 3 aliphatic rings. The van der Waals surface area contributed by atoms with Gasteiger partial charge >= 0.3 is 12.3 Å². The van der Waals surface area contributed by atoms with E-state index in [4.69, 9.17) is 4.74 Å². The third kappa shape index (κ3) is 3.57. The van der Waals surface area contributed by atoms with E-state index in [0.717, 1.165) is 12.2 Å². The fourth-order valence-corrected chi connectivity index (χ4v) is 4.23. The van der Waals surface area contributed by atoms with Crippen LogP contribution in [0.3, 0.4) is 0 Å². The molecule has 1 aromatic heterocycles. The number of hydrogen-bond acceptors (Lipinski definition) is 6. The highest BCUT2D eigenvalue weighted by atomic mass is 19.4. The molecule has 8 nitrogen and oxygen atoms in total. The Balaban J connectivity index is 1.47. The van der Waals surface area contributed by atoms with Gasteiger partial charge < -0.3 is 15.4 Å². The fourth-order valence-electron chi connectivity index (χ4n) is 4.23. The average molecular weight is 398 g/mol. The lowest BCUT2D eigenvalue weighted by molar-refractivity contribution is -0.124. The summed E-state index contributed by atoms with van der Waals surface area (Å²) in [4.78, 5) is 16.1. The number of ether oxygens (including phenoxy) is 1. The summed E-state index contributed by atoms with van der Waals surface area (Å²) >= 11 is 0. The van der Waals surface area contributed by atoms with E-state index in [1.165, 1.54) is 0 Å². The number of carbonyl (C=O) groups is 1. The topological polar surface area (TPSA) is 93.4 Å². The molecule has 4 rings (SSSR count). The monoisotopic (exact) mass is 398 g/mol. The molecule has 0 bridgehead atoms. The lowest BCUT2D eigenvalue weighted by Gasteiger charge is -2.26. The van der Waals surface area contributed by atoms with Gasteiger partial charge in [0.25, 0.3) is 0 Å². The second-order valence-electron chi connectivity index (χ2n) is 7.27. The van der Waals surface area contributed by atoms with Crippen LogP contribution in [-0.4, -0.2) is 52.1 Å². The molecule has 3 heterocycles. The summed E-state index contributed by atoms with van der Waals surface area (Å²) in [5.74, 6) is 1.68. The van der Waals surface area contributed by atoms with Gasteiger partial charge in [-0.2, -0.15) is 13.2 Å². The first-order valence-electron chi connectivity index (χ1n) is 9.27. The third-order valence-electron chi connectivity index (χ3n) is 5.50.